The van der Waals surface area contributed by atoms with Crippen molar-refractivity contribution in [1.82, 2.24) is 24.8 Å². The molecule has 7 rings (SSSR count). The number of fused-ring (bicyclic) bond motifs is 2. The fourth-order valence-corrected chi connectivity index (χ4v) is 5.88. The number of nitrogens with one attached hydrogen (secondary N) is 1. The van der Waals surface area contributed by atoms with Crippen molar-refractivity contribution >= 4 is 17.4 Å². The molecule has 5 aromatic rings. The molecule has 1 saturated heterocycles. The lowest BCUT2D eigenvalue weighted by atomic mass is 9.91. The van der Waals surface area contributed by atoms with Gasteiger partial charge in [-0.1, -0.05) is 36.4 Å². The quantitative estimate of drug-likeness (QED) is 0.318. The van der Waals surface area contributed by atoms with E-state index in [1.165, 1.54) is 11.1 Å². The van der Waals surface area contributed by atoms with E-state index in [0.29, 0.717) is 37.6 Å². The summed E-state index contributed by atoms with van der Waals surface area (Å²) in [5.74, 6) is 0.333. The van der Waals surface area contributed by atoms with Crippen LogP contribution >= 0.6 is 0 Å². The Balaban J connectivity index is 1.57. The molecule has 0 radical (unpaired) electrons. The number of anilines is 1. The summed E-state index contributed by atoms with van der Waals surface area (Å²) in [6, 6.07) is 15.5. The number of aromatic nitrogens is 5. The van der Waals surface area contributed by atoms with Gasteiger partial charge in [0.15, 0.2) is 11.3 Å². The molecule has 2 aromatic carbocycles. The average Bonchev–Trinajstić information content (AvgIpc) is 3.71. The van der Waals surface area contributed by atoms with Gasteiger partial charge in [-0.05, 0) is 47.6 Å². The maximum Gasteiger partial charge on any atom is 0.269 e. The van der Waals surface area contributed by atoms with E-state index < -0.39 is 5.91 Å². The molecule has 196 valence electrons. The van der Waals surface area contributed by atoms with E-state index >= 15 is 0 Å². The molecular formula is C29H27N7O3. The van der Waals surface area contributed by atoms with E-state index in [-0.39, 0.29) is 17.4 Å². The minimum atomic E-state index is -0.589. The van der Waals surface area contributed by atoms with Crippen molar-refractivity contribution in [2.24, 2.45) is 5.73 Å². The molecule has 10 nitrogen and oxygen atoms in total. The first-order chi connectivity index (χ1) is 19.1. The molecule has 0 unspecified atom stereocenters. The fraction of sp³-hybridized carbons (Fsp3) is 0.241. The van der Waals surface area contributed by atoms with Gasteiger partial charge >= 0.3 is 0 Å². The first kappa shape index (κ1) is 23.4. The Labute approximate surface area is 224 Å². The van der Waals surface area contributed by atoms with Crippen molar-refractivity contribution in [3.8, 4) is 28.1 Å². The molecule has 3 aromatic heterocycles. The summed E-state index contributed by atoms with van der Waals surface area (Å²) in [7, 11) is 0. The largest absolute Gasteiger partial charge is 0.508 e. The van der Waals surface area contributed by atoms with E-state index in [9.17, 15) is 9.90 Å². The van der Waals surface area contributed by atoms with Crippen molar-refractivity contribution in [3.63, 3.8) is 0 Å². The van der Waals surface area contributed by atoms with Crippen LogP contribution in [0.25, 0.3) is 28.0 Å². The van der Waals surface area contributed by atoms with Gasteiger partial charge in [0, 0.05) is 43.6 Å². The number of rotatable bonds is 5. The molecule has 10 heteroatoms. The highest BCUT2D eigenvalue weighted by Gasteiger charge is 2.33. The smallest absolute Gasteiger partial charge is 0.269 e. The molecule has 5 heterocycles. The maximum absolute atomic E-state index is 12.7. The second-order valence-corrected chi connectivity index (χ2v) is 10.1. The van der Waals surface area contributed by atoms with Crippen LogP contribution in [0.3, 0.4) is 0 Å². The van der Waals surface area contributed by atoms with Gasteiger partial charge in [0.25, 0.3) is 5.91 Å². The van der Waals surface area contributed by atoms with Gasteiger partial charge in [0.05, 0.1) is 17.5 Å². The van der Waals surface area contributed by atoms with E-state index in [4.69, 9.17) is 20.6 Å². The Kier molecular flexibility index (Phi) is 5.55. The third-order valence-electron chi connectivity index (χ3n) is 7.69. The number of carbonyl (C=O) groups is 1. The zero-order valence-corrected chi connectivity index (χ0v) is 21.2. The van der Waals surface area contributed by atoms with E-state index in [2.05, 4.69) is 27.2 Å². The molecule has 0 atom stereocenters. The summed E-state index contributed by atoms with van der Waals surface area (Å²) >= 11 is 0. The highest BCUT2D eigenvalue weighted by molar-refractivity contribution is 5.97. The van der Waals surface area contributed by atoms with Crippen molar-refractivity contribution in [2.75, 3.05) is 18.1 Å². The molecule has 4 N–H and O–H groups in total. The zero-order chi connectivity index (χ0) is 26.5. The number of phenols is 1. The number of ether oxygens (including phenoxy) is 1. The van der Waals surface area contributed by atoms with Gasteiger partial charge in [-0.25, -0.2) is 9.50 Å². The van der Waals surface area contributed by atoms with Crippen LogP contribution in [0.4, 0.5) is 5.82 Å². The van der Waals surface area contributed by atoms with Crippen LogP contribution in [0.5, 0.6) is 5.75 Å². The second kappa shape index (κ2) is 9.25. The number of hydrogen-bond donors (Lipinski definition) is 3. The molecule has 39 heavy (non-hydrogen) atoms. The number of nitrogens with two attached hydrogens (primary N) is 1. The lowest BCUT2D eigenvalue weighted by molar-refractivity contribution is 0.0847. The summed E-state index contributed by atoms with van der Waals surface area (Å²) in [5.41, 5.74) is 13.0. The monoisotopic (exact) mass is 521 g/mol. The fourth-order valence-electron chi connectivity index (χ4n) is 5.88. The number of nitrogens with zero attached hydrogens (tertiary/aromatic N) is 5. The van der Waals surface area contributed by atoms with Gasteiger partial charge in [-0.3, -0.25) is 9.89 Å². The van der Waals surface area contributed by atoms with Crippen LogP contribution in [0, 0.1) is 0 Å². The van der Waals surface area contributed by atoms with E-state index in [0.717, 1.165) is 40.9 Å². The number of primary amides is 1. The molecule has 0 saturated carbocycles. The Morgan fingerprint density at radius 1 is 1.05 bits per heavy atom. The number of phenolic OH excluding ortho intramolecular Hbond substituents is 1. The number of benzene rings is 2. The summed E-state index contributed by atoms with van der Waals surface area (Å²) in [5, 5.41) is 22.4. The molecule has 2 aliphatic rings. The van der Waals surface area contributed by atoms with Gasteiger partial charge in [-0.15, -0.1) is 0 Å². The third kappa shape index (κ3) is 3.91. The van der Waals surface area contributed by atoms with Gasteiger partial charge < -0.3 is 20.5 Å². The van der Waals surface area contributed by atoms with Gasteiger partial charge in [0.2, 0.25) is 0 Å². The third-order valence-corrected chi connectivity index (χ3v) is 7.69. The highest BCUT2D eigenvalue weighted by Crippen LogP contribution is 2.44. The number of aromatic amines is 1. The molecule has 0 bridgehead atoms. The van der Waals surface area contributed by atoms with E-state index in [1.54, 1.807) is 29.0 Å². The Hall–Kier alpha value is -4.70. The minimum absolute atomic E-state index is 0.0405. The van der Waals surface area contributed by atoms with Gasteiger partial charge in [-0.2, -0.15) is 10.2 Å². The van der Waals surface area contributed by atoms with Crippen molar-refractivity contribution < 1.29 is 14.6 Å². The summed E-state index contributed by atoms with van der Waals surface area (Å²) < 4.78 is 7.34. The molecule has 0 aliphatic carbocycles. The first-order valence-corrected chi connectivity index (χ1v) is 13.0. The Bertz CT molecular complexity index is 1680. The molecule has 1 amide bonds. The summed E-state index contributed by atoms with van der Waals surface area (Å²) in [6.07, 6.45) is 5.03. The SMILES string of the molecule is NC(=O)c1nn2c(-c3cn[nH]c3)c(-c3cccc(O)c3)c(N3Cc4ccccc4C3)nc2c1C1CCOCC1. The van der Waals surface area contributed by atoms with Crippen molar-refractivity contribution in [2.45, 2.75) is 31.8 Å². The number of H-pyrrole nitrogens is 1. The molecule has 2 aliphatic heterocycles. The van der Waals surface area contributed by atoms with Crippen LogP contribution < -0.4 is 10.6 Å². The number of hydrogen-bond acceptors (Lipinski definition) is 7. The van der Waals surface area contributed by atoms with E-state index in [1.807, 2.05) is 24.3 Å². The molecular weight excluding hydrogens is 494 g/mol. The lowest BCUT2D eigenvalue weighted by Gasteiger charge is -2.25. The van der Waals surface area contributed by atoms with Crippen LogP contribution in [-0.4, -0.2) is 49.0 Å². The van der Waals surface area contributed by atoms with Crippen LogP contribution in [0.1, 0.15) is 45.9 Å². The molecule has 1 fully saturated rings. The average molecular weight is 522 g/mol. The van der Waals surface area contributed by atoms with Gasteiger partial charge in [0.1, 0.15) is 11.6 Å². The predicted molar refractivity (Wildman–Crippen MR) is 145 cm³/mol. The van der Waals surface area contributed by atoms with Crippen LogP contribution in [-0.2, 0) is 17.8 Å². The first-order valence-electron chi connectivity index (χ1n) is 13.0. The maximum atomic E-state index is 12.7. The van der Waals surface area contributed by atoms with Crippen molar-refractivity contribution in [1.29, 1.82) is 0 Å². The number of aromatic hydroxyl groups is 1. The lowest BCUT2D eigenvalue weighted by Crippen LogP contribution is -2.20. The number of carbonyl (C=O) groups excluding carboxylic acids is 1. The number of amides is 1. The Morgan fingerprint density at radius 2 is 1.82 bits per heavy atom. The topological polar surface area (TPSA) is 135 Å². The Morgan fingerprint density at radius 3 is 2.49 bits per heavy atom. The summed E-state index contributed by atoms with van der Waals surface area (Å²) in [4.78, 5) is 20.2. The predicted octanol–water partition coefficient (Wildman–Crippen LogP) is 4.01. The van der Waals surface area contributed by atoms with Crippen LogP contribution in [0.15, 0.2) is 60.9 Å². The second-order valence-electron chi connectivity index (χ2n) is 10.1. The van der Waals surface area contributed by atoms with Crippen molar-refractivity contribution in [3.05, 3.63) is 83.3 Å². The highest BCUT2D eigenvalue weighted by atomic mass is 16.5. The summed E-state index contributed by atoms with van der Waals surface area (Å²) in [6.45, 7) is 2.56. The zero-order valence-electron chi connectivity index (χ0n) is 21.2. The van der Waals surface area contributed by atoms with Crippen LogP contribution in [0.2, 0.25) is 0 Å². The normalized spacial score (nSPS) is 15.6. The standard InChI is InChI=1S/C29H27N7O3/c30-27(38)25-23(17-8-10-39-11-9-17)29-33-28(35-15-19-4-1-2-5-20(19)16-35)24(18-6-3-7-22(37)12-18)26(36(29)34-25)21-13-31-32-14-21/h1-7,12-14,17,37H,8-11,15-16H2,(H2,30,38)(H,31,32). The minimum Gasteiger partial charge on any atom is -0.508 e. The molecule has 0 spiro atoms.